The summed E-state index contributed by atoms with van der Waals surface area (Å²) in [6.45, 7) is 4.37. The Hall–Kier alpha value is -2.58. The Bertz CT molecular complexity index is 708. The lowest BCUT2D eigenvalue weighted by molar-refractivity contribution is 0.102. The summed E-state index contributed by atoms with van der Waals surface area (Å²) in [6.07, 6.45) is 3.40. The molecule has 1 amide bonds. The molecule has 108 valence electrons. The number of hydrogen-bond acceptors (Lipinski definition) is 3. The van der Waals surface area contributed by atoms with Crippen molar-refractivity contribution in [1.29, 1.82) is 0 Å². The smallest absolute Gasteiger partial charge is 0.256 e. The third-order valence-corrected chi connectivity index (χ3v) is 3.10. The Morgan fingerprint density at radius 3 is 2.95 bits per heavy atom. The molecule has 0 spiro atoms. The van der Waals surface area contributed by atoms with Crippen LogP contribution in [0.4, 0.5) is 5.69 Å². The van der Waals surface area contributed by atoms with E-state index in [1.807, 2.05) is 19.9 Å². The van der Waals surface area contributed by atoms with Crippen LogP contribution in [0.15, 0.2) is 30.6 Å². The van der Waals surface area contributed by atoms with Crippen molar-refractivity contribution in [2.75, 3.05) is 11.9 Å². The van der Waals surface area contributed by atoms with Crippen LogP contribution in [-0.4, -0.2) is 27.4 Å². The number of benzene rings is 1. The average molecular weight is 283 g/mol. The van der Waals surface area contributed by atoms with E-state index >= 15 is 0 Å². The Morgan fingerprint density at radius 2 is 2.29 bits per heavy atom. The van der Waals surface area contributed by atoms with E-state index in [2.05, 4.69) is 22.3 Å². The molecule has 0 saturated heterocycles. The van der Waals surface area contributed by atoms with Crippen LogP contribution in [-0.2, 0) is 6.54 Å². The number of aliphatic hydroxyl groups excluding tert-OH is 1. The number of nitrogens with zero attached hydrogens (tertiary/aromatic N) is 2. The zero-order chi connectivity index (χ0) is 15.2. The topological polar surface area (TPSA) is 67.2 Å². The normalized spacial score (nSPS) is 9.86. The zero-order valence-electron chi connectivity index (χ0n) is 12.1. The molecule has 0 radical (unpaired) electrons. The van der Waals surface area contributed by atoms with Crippen molar-refractivity contribution in [2.24, 2.45) is 0 Å². The standard InChI is InChI=1S/C16H17N3O2/c1-3-19-11-14(10-17-19)18-16(21)15-8-4-6-13(12(15)2)7-5-9-20/h4,6,8,10-11,20H,3,9H2,1-2H3,(H,18,21). The lowest BCUT2D eigenvalue weighted by Crippen LogP contribution is -2.13. The first kappa shape index (κ1) is 14.8. The van der Waals surface area contributed by atoms with Gasteiger partial charge in [0.05, 0.1) is 11.9 Å². The molecule has 0 aliphatic carbocycles. The van der Waals surface area contributed by atoms with E-state index in [4.69, 9.17) is 5.11 Å². The molecule has 5 heteroatoms. The number of nitrogens with one attached hydrogen (secondary N) is 1. The van der Waals surface area contributed by atoms with Gasteiger partial charge in [-0.2, -0.15) is 5.10 Å². The Kier molecular flexibility index (Phi) is 4.75. The number of anilines is 1. The maximum absolute atomic E-state index is 12.3. The molecule has 1 heterocycles. The molecule has 5 nitrogen and oxygen atoms in total. The van der Waals surface area contributed by atoms with Gasteiger partial charge in [0.2, 0.25) is 0 Å². The minimum Gasteiger partial charge on any atom is -0.384 e. The van der Waals surface area contributed by atoms with Crippen molar-refractivity contribution in [1.82, 2.24) is 9.78 Å². The van der Waals surface area contributed by atoms with Gasteiger partial charge in [0.1, 0.15) is 6.61 Å². The molecule has 21 heavy (non-hydrogen) atoms. The van der Waals surface area contributed by atoms with Crippen molar-refractivity contribution in [3.05, 3.63) is 47.3 Å². The number of amides is 1. The monoisotopic (exact) mass is 283 g/mol. The summed E-state index contributed by atoms with van der Waals surface area (Å²) in [5, 5.41) is 15.7. The van der Waals surface area contributed by atoms with Gasteiger partial charge in [0, 0.05) is 23.9 Å². The van der Waals surface area contributed by atoms with E-state index in [9.17, 15) is 4.79 Å². The molecule has 2 aromatic rings. The van der Waals surface area contributed by atoms with Crippen molar-refractivity contribution in [3.63, 3.8) is 0 Å². The number of rotatable bonds is 3. The maximum Gasteiger partial charge on any atom is 0.256 e. The average Bonchev–Trinajstić information content (AvgIpc) is 2.93. The summed E-state index contributed by atoms with van der Waals surface area (Å²) < 4.78 is 1.74. The van der Waals surface area contributed by atoms with Crippen molar-refractivity contribution in [3.8, 4) is 11.8 Å². The second kappa shape index (κ2) is 6.73. The predicted molar refractivity (Wildman–Crippen MR) is 81.0 cm³/mol. The summed E-state index contributed by atoms with van der Waals surface area (Å²) in [5.41, 5.74) is 2.75. The molecule has 0 saturated carbocycles. The fourth-order valence-corrected chi connectivity index (χ4v) is 1.95. The first-order chi connectivity index (χ1) is 10.2. The molecule has 0 aliphatic heterocycles. The highest BCUT2D eigenvalue weighted by Crippen LogP contribution is 2.15. The van der Waals surface area contributed by atoms with Crippen molar-refractivity contribution >= 4 is 11.6 Å². The number of hydrogen-bond donors (Lipinski definition) is 2. The SMILES string of the molecule is CCn1cc(NC(=O)c2cccc(C#CCO)c2C)cn1. The summed E-state index contributed by atoms with van der Waals surface area (Å²) >= 11 is 0. The molecule has 0 bridgehead atoms. The van der Waals surface area contributed by atoms with Crippen molar-refractivity contribution in [2.45, 2.75) is 20.4 Å². The van der Waals surface area contributed by atoms with E-state index in [1.54, 1.807) is 29.2 Å². The zero-order valence-corrected chi connectivity index (χ0v) is 12.1. The lowest BCUT2D eigenvalue weighted by atomic mass is 10.0. The van der Waals surface area contributed by atoms with Crippen LogP contribution < -0.4 is 5.32 Å². The Balaban J connectivity index is 2.23. The van der Waals surface area contributed by atoms with Crippen LogP contribution in [0.5, 0.6) is 0 Å². The van der Waals surface area contributed by atoms with E-state index < -0.39 is 0 Å². The highest BCUT2D eigenvalue weighted by atomic mass is 16.2. The Morgan fingerprint density at radius 1 is 1.48 bits per heavy atom. The Labute approximate surface area is 123 Å². The molecule has 0 aliphatic rings. The number of carbonyl (C=O) groups excluding carboxylic acids is 1. The fraction of sp³-hybridized carbons (Fsp3) is 0.250. The highest BCUT2D eigenvalue weighted by molar-refractivity contribution is 6.05. The summed E-state index contributed by atoms with van der Waals surface area (Å²) in [4.78, 5) is 12.3. The first-order valence-electron chi connectivity index (χ1n) is 6.69. The highest BCUT2D eigenvalue weighted by Gasteiger charge is 2.12. The van der Waals surface area contributed by atoms with Gasteiger partial charge >= 0.3 is 0 Å². The molecule has 2 N–H and O–H groups in total. The first-order valence-corrected chi connectivity index (χ1v) is 6.69. The number of carbonyl (C=O) groups is 1. The number of aryl methyl sites for hydroxylation is 1. The molecule has 1 aromatic carbocycles. The van der Waals surface area contributed by atoms with Crippen LogP contribution in [0.1, 0.15) is 28.4 Å². The van der Waals surface area contributed by atoms with Gasteiger partial charge in [-0.25, -0.2) is 0 Å². The van der Waals surface area contributed by atoms with Gasteiger partial charge < -0.3 is 10.4 Å². The summed E-state index contributed by atoms with van der Waals surface area (Å²) in [6, 6.07) is 5.35. The molecule has 0 atom stereocenters. The minimum absolute atomic E-state index is 0.198. The summed E-state index contributed by atoms with van der Waals surface area (Å²) in [7, 11) is 0. The second-order valence-electron chi connectivity index (χ2n) is 4.48. The van der Waals surface area contributed by atoms with Crippen LogP contribution in [0.25, 0.3) is 0 Å². The van der Waals surface area contributed by atoms with Crippen LogP contribution >= 0.6 is 0 Å². The fourth-order valence-electron chi connectivity index (χ4n) is 1.95. The van der Waals surface area contributed by atoms with Gasteiger partial charge in [0.25, 0.3) is 5.91 Å². The third kappa shape index (κ3) is 3.50. The number of aromatic nitrogens is 2. The molecule has 1 aromatic heterocycles. The van der Waals surface area contributed by atoms with E-state index in [-0.39, 0.29) is 12.5 Å². The second-order valence-corrected chi connectivity index (χ2v) is 4.48. The maximum atomic E-state index is 12.3. The van der Waals surface area contributed by atoms with Gasteiger partial charge in [-0.05, 0) is 31.5 Å². The quantitative estimate of drug-likeness (QED) is 0.844. The van der Waals surface area contributed by atoms with Gasteiger partial charge in [-0.1, -0.05) is 17.9 Å². The minimum atomic E-state index is -0.202. The lowest BCUT2D eigenvalue weighted by Gasteiger charge is -2.07. The molecular formula is C16H17N3O2. The molecular weight excluding hydrogens is 266 g/mol. The summed E-state index contributed by atoms with van der Waals surface area (Å²) in [5.74, 6) is 5.23. The predicted octanol–water partition coefficient (Wildman–Crippen LogP) is 1.81. The molecule has 0 unspecified atom stereocenters. The van der Waals surface area contributed by atoms with Gasteiger partial charge in [-0.3, -0.25) is 9.48 Å². The van der Waals surface area contributed by atoms with Crippen LogP contribution in [0, 0.1) is 18.8 Å². The van der Waals surface area contributed by atoms with Crippen LogP contribution in [0.3, 0.4) is 0 Å². The largest absolute Gasteiger partial charge is 0.384 e. The molecule has 2 rings (SSSR count). The van der Waals surface area contributed by atoms with Crippen molar-refractivity contribution < 1.29 is 9.90 Å². The van der Waals surface area contributed by atoms with E-state index in [1.165, 1.54) is 0 Å². The van der Waals surface area contributed by atoms with Crippen LogP contribution in [0.2, 0.25) is 0 Å². The van der Waals surface area contributed by atoms with Gasteiger partial charge in [-0.15, -0.1) is 0 Å². The molecule has 0 fully saturated rings. The third-order valence-electron chi connectivity index (χ3n) is 3.10. The van der Waals surface area contributed by atoms with Gasteiger partial charge in [0.15, 0.2) is 0 Å². The number of aliphatic hydroxyl groups is 1. The van der Waals surface area contributed by atoms with E-state index in [0.717, 1.165) is 17.7 Å². The van der Waals surface area contributed by atoms with E-state index in [0.29, 0.717) is 11.3 Å².